The van der Waals surface area contributed by atoms with Crippen molar-refractivity contribution in [2.45, 2.75) is 19.4 Å². The quantitative estimate of drug-likeness (QED) is 0.863. The topological polar surface area (TPSA) is 29.5 Å². The largest absolute Gasteiger partial charge is 0.367 e. The molecule has 1 fully saturated rings. The third-order valence-corrected chi connectivity index (χ3v) is 4.46. The van der Waals surface area contributed by atoms with Crippen LogP contribution in [0.2, 0.25) is 0 Å². The number of benzene rings is 2. The van der Waals surface area contributed by atoms with Crippen LogP contribution in [0.1, 0.15) is 18.4 Å². The Labute approximate surface area is 134 Å². The molecule has 0 aromatic heterocycles. The van der Waals surface area contributed by atoms with Crippen molar-refractivity contribution in [2.75, 3.05) is 18.1 Å². The number of ether oxygens (including phenoxy) is 1. The molecule has 0 saturated heterocycles. The van der Waals surface area contributed by atoms with Crippen molar-refractivity contribution in [3.8, 4) is 11.1 Å². The predicted molar refractivity (Wildman–Crippen MR) is 86.6 cm³/mol. The van der Waals surface area contributed by atoms with E-state index in [9.17, 15) is 9.18 Å². The number of nitrogens with zero attached hydrogens (tertiary/aromatic N) is 1. The van der Waals surface area contributed by atoms with Crippen LogP contribution in [0.15, 0.2) is 42.5 Å². The molecule has 4 rings (SSSR count). The summed E-state index contributed by atoms with van der Waals surface area (Å²) >= 11 is 0. The van der Waals surface area contributed by atoms with E-state index in [1.165, 1.54) is 25.0 Å². The third-order valence-electron chi connectivity index (χ3n) is 4.46. The average Bonchev–Trinajstić information content (AvgIpc) is 3.37. The fraction of sp³-hybridized carbons (Fsp3) is 0.316. The summed E-state index contributed by atoms with van der Waals surface area (Å²) in [4.78, 5) is 14.2. The van der Waals surface area contributed by atoms with Crippen LogP contribution in [-0.2, 0) is 16.1 Å². The van der Waals surface area contributed by atoms with Gasteiger partial charge in [-0.15, -0.1) is 0 Å². The highest BCUT2D eigenvalue weighted by Crippen LogP contribution is 2.35. The summed E-state index contributed by atoms with van der Waals surface area (Å²) in [5, 5.41) is 0. The number of carbonyl (C=O) groups is 1. The molecule has 0 N–H and O–H groups in total. The molecule has 1 aliphatic carbocycles. The summed E-state index contributed by atoms with van der Waals surface area (Å²) in [6, 6.07) is 12.5. The Bertz CT molecular complexity index is 755. The SMILES string of the molecule is O=C1COCc2ccc(-c3cccc(F)c3)cc2N1CC1CC1. The molecule has 118 valence electrons. The average molecular weight is 311 g/mol. The minimum absolute atomic E-state index is 0.00652. The number of hydrogen-bond acceptors (Lipinski definition) is 2. The molecule has 4 heteroatoms. The van der Waals surface area contributed by atoms with Gasteiger partial charge in [0.25, 0.3) is 5.91 Å². The fourth-order valence-electron chi connectivity index (χ4n) is 3.00. The summed E-state index contributed by atoms with van der Waals surface area (Å²) in [5.74, 6) is 0.349. The lowest BCUT2D eigenvalue weighted by Gasteiger charge is -2.23. The van der Waals surface area contributed by atoms with Gasteiger partial charge >= 0.3 is 0 Å². The van der Waals surface area contributed by atoms with Gasteiger partial charge in [-0.3, -0.25) is 4.79 Å². The van der Waals surface area contributed by atoms with Gasteiger partial charge in [-0.2, -0.15) is 0 Å². The number of anilines is 1. The van der Waals surface area contributed by atoms with Gasteiger partial charge in [0.05, 0.1) is 6.61 Å². The van der Waals surface area contributed by atoms with Gasteiger partial charge in [0.2, 0.25) is 0 Å². The lowest BCUT2D eigenvalue weighted by Crippen LogP contribution is -2.34. The molecule has 3 nitrogen and oxygen atoms in total. The van der Waals surface area contributed by atoms with Gasteiger partial charge in [0, 0.05) is 17.8 Å². The highest BCUT2D eigenvalue weighted by Gasteiger charge is 2.30. The first kappa shape index (κ1) is 14.4. The maximum absolute atomic E-state index is 13.5. The van der Waals surface area contributed by atoms with Gasteiger partial charge in [-0.05, 0) is 48.1 Å². The lowest BCUT2D eigenvalue weighted by molar-refractivity contribution is -0.123. The predicted octanol–water partition coefficient (Wildman–Crippen LogP) is 3.77. The van der Waals surface area contributed by atoms with Crippen molar-refractivity contribution in [3.05, 3.63) is 53.8 Å². The summed E-state index contributed by atoms with van der Waals surface area (Å²) in [5.41, 5.74) is 3.65. The number of carbonyl (C=O) groups excluding carboxylic acids is 1. The Morgan fingerprint density at radius 1 is 1.09 bits per heavy atom. The van der Waals surface area contributed by atoms with Crippen molar-refractivity contribution in [2.24, 2.45) is 5.92 Å². The number of fused-ring (bicyclic) bond motifs is 1. The van der Waals surface area contributed by atoms with Gasteiger partial charge in [-0.25, -0.2) is 4.39 Å². The molecule has 0 spiro atoms. The van der Waals surface area contributed by atoms with Gasteiger partial charge in [0.15, 0.2) is 0 Å². The zero-order valence-corrected chi connectivity index (χ0v) is 12.8. The van der Waals surface area contributed by atoms with E-state index >= 15 is 0 Å². The molecule has 0 unspecified atom stereocenters. The standard InChI is InChI=1S/C19H18FNO2/c20-17-3-1-2-14(8-17)15-6-7-16-11-23-12-19(22)21(18(16)9-15)10-13-4-5-13/h1-3,6-9,13H,4-5,10-12H2. The van der Waals surface area contributed by atoms with Gasteiger partial charge in [-0.1, -0.05) is 24.3 Å². The van der Waals surface area contributed by atoms with Gasteiger partial charge < -0.3 is 9.64 Å². The minimum Gasteiger partial charge on any atom is -0.367 e. The molecule has 0 radical (unpaired) electrons. The number of rotatable bonds is 3. The van der Waals surface area contributed by atoms with E-state index in [0.717, 1.165) is 28.9 Å². The molecular weight excluding hydrogens is 293 g/mol. The summed E-state index contributed by atoms with van der Waals surface area (Å²) < 4.78 is 19.0. The summed E-state index contributed by atoms with van der Waals surface area (Å²) in [7, 11) is 0. The second-order valence-electron chi connectivity index (χ2n) is 6.29. The van der Waals surface area contributed by atoms with Crippen LogP contribution in [0.4, 0.5) is 10.1 Å². The second kappa shape index (κ2) is 5.78. The Kier molecular flexibility index (Phi) is 3.62. The normalized spacial score (nSPS) is 17.8. The molecule has 1 saturated carbocycles. The minimum atomic E-state index is -0.258. The van der Waals surface area contributed by atoms with E-state index < -0.39 is 0 Å². The Morgan fingerprint density at radius 3 is 2.70 bits per heavy atom. The van der Waals surface area contributed by atoms with Gasteiger partial charge in [0.1, 0.15) is 12.4 Å². The molecule has 2 aliphatic rings. The second-order valence-corrected chi connectivity index (χ2v) is 6.29. The van der Waals surface area contributed by atoms with E-state index in [4.69, 9.17) is 4.74 Å². The summed E-state index contributed by atoms with van der Waals surface area (Å²) in [6.45, 7) is 1.31. The van der Waals surface area contributed by atoms with Crippen LogP contribution < -0.4 is 4.90 Å². The monoisotopic (exact) mass is 311 g/mol. The summed E-state index contributed by atoms with van der Waals surface area (Å²) in [6.07, 6.45) is 2.37. The number of hydrogen-bond donors (Lipinski definition) is 0. The Balaban J connectivity index is 1.76. The van der Waals surface area contributed by atoms with Crippen molar-refractivity contribution in [3.63, 3.8) is 0 Å². The number of halogens is 1. The zero-order valence-electron chi connectivity index (χ0n) is 12.8. The van der Waals surface area contributed by atoms with Crippen molar-refractivity contribution in [1.29, 1.82) is 0 Å². The van der Waals surface area contributed by atoms with E-state index in [2.05, 4.69) is 0 Å². The maximum Gasteiger partial charge on any atom is 0.253 e. The van der Waals surface area contributed by atoms with Crippen molar-refractivity contribution < 1.29 is 13.9 Å². The molecular formula is C19H18FNO2. The van der Waals surface area contributed by atoms with Crippen LogP contribution in [0, 0.1) is 11.7 Å². The van der Waals surface area contributed by atoms with Crippen LogP contribution in [0.25, 0.3) is 11.1 Å². The Morgan fingerprint density at radius 2 is 1.91 bits per heavy atom. The number of amides is 1. The zero-order chi connectivity index (χ0) is 15.8. The lowest BCUT2D eigenvalue weighted by atomic mass is 10.0. The first-order valence-corrected chi connectivity index (χ1v) is 7.98. The third kappa shape index (κ3) is 2.99. The van der Waals surface area contributed by atoms with Crippen LogP contribution >= 0.6 is 0 Å². The molecule has 1 amide bonds. The highest BCUT2D eigenvalue weighted by atomic mass is 19.1. The molecule has 0 atom stereocenters. The van der Waals surface area contributed by atoms with Crippen LogP contribution in [-0.4, -0.2) is 19.1 Å². The molecule has 23 heavy (non-hydrogen) atoms. The van der Waals surface area contributed by atoms with E-state index in [1.807, 2.05) is 29.2 Å². The molecule has 2 aromatic carbocycles. The highest BCUT2D eigenvalue weighted by molar-refractivity contribution is 5.96. The van der Waals surface area contributed by atoms with Crippen molar-refractivity contribution >= 4 is 11.6 Å². The van der Waals surface area contributed by atoms with Crippen LogP contribution in [0.5, 0.6) is 0 Å². The molecule has 0 bridgehead atoms. The molecule has 1 heterocycles. The maximum atomic E-state index is 13.5. The molecule has 2 aromatic rings. The molecule has 1 aliphatic heterocycles. The smallest absolute Gasteiger partial charge is 0.253 e. The van der Waals surface area contributed by atoms with Crippen molar-refractivity contribution in [1.82, 2.24) is 0 Å². The fourth-order valence-corrected chi connectivity index (χ4v) is 3.00. The van der Waals surface area contributed by atoms with E-state index in [-0.39, 0.29) is 18.3 Å². The first-order chi connectivity index (χ1) is 11.2. The van der Waals surface area contributed by atoms with E-state index in [1.54, 1.807) is 6.07 Å². The first-order valence-electron chi connectivity index (χ1n) is 7.98. The van der Waals surface area contributed by atoms with Crippen LogP contribution in [0.3, 0.4) is 0 Å². The Hall–Kier alpha value is -2.20. The van der Waals surface area contributed by atoms with E-state index in [0.29, 0.717) is 12.5 Å².